The standard InChI is InChI=1S/C16H14ClN3O3S3/c1-24-7-6-19-12-4-2-10(20(22)23)8-13(12)26-16(19)18-15(21)9-11-3-5-14(17)25-11/h2-5,8H,6-7,9H2,1H3. The number of nitro groups is 1. The summed E-state index contributed by atoms with van der Waals surface area (Å²) in [5.41, 5.74) is 0.877. The van der Waals surface area contributed by atoms with Crippen molar-refractivity contribution < 1.29 is 9.72 Å². The summed E-state index contributed by atoms with van der Waals surface area (Å²) >= 11 is 10.2. The van der Waals surface area contributed by atoms with Crippen molar-refractivity contribution in [2.45, 2.75) is 13.0 Å². The molecule has 3 aromatic rings. The molecule has 2 aromatic heterocycles. The Balaban J connectivity index is 2.01. The van der Waals surface area contributed by atoms with Gasteiger partial charge >= 0.3 is 0 Å². The summed E-state index contributed by atoms with van der Waals surface area (Å²) in [7, 11) is 0. The molecule has 1 amide bonds. The van der Waals surface area contributed by atoms with Gasteiger partial charge in [-0.2, -0.15) is 16.8 Å². The fraction of sp³-hybridized carbons (Fsp3) is 0.250. The van der Waals surface area contributed by atoms with Crippen LogP contribution in [-0.2, 0) is 17.8 Å². The van der Waals surface area contributed by atoms with Crippen molar-refractivity contribution in [3.8, 4) is 0 Å². The van der Waals surface area contributed by atoms with Crippen LogP contribution < -0.4 is 4.80 Å². The number of nitro benzene ring substituents is 1. The minimum absolute atomic E-state index is 0.0295. The van der Waals surface area contributed by atoms with Crippen LogP contribution in [0.2, 0.25) is 4.34 Å². The van der Waals surface area contributed by atoms with Crippen molar-refractivity contribution >= 4 is 67.8 Å². The van der Waals surface area contributed by atoms with Crippen LogP contribution >= 0.6 is 46.0 Å². The summed E-state index contributed by atoms with van der Waals surface area (Å²) in [6, 6.07) is 8.29. The molecule has 10 heteroatoms. The zero-order valence-electron chi connectivity index (χ0n) is 13.7. The Hall–Kier alpha value is -1.68. The van der Waals surface area contributed by atoms with Crippen LogP contribution in [0.15, 0.2) is 35.3 Å². The van der Waals surface area contributed by atoms with Gasteiger partial charge in [0.15, 0.2) is 4.80 Å². The highest BCUT2D eigenvalue weighted by atomic mass is 35.5. The van der Waals surface area contributed by atoms with Gasteiger partial charge < -0.3 is 4.57 Å². The van der Waals surface area contributed by atoms with Gasteiger partial charge in [0.1, 0.15) is 0 Å². The highest BCUT2D eigenvalue weighted by Crippen LogP contribution is 2.24. The number of nitrogens with zero attached hydrogens (tertiary/aromatic N) is 3. The van der Waals surface area contributed by atoms with E-state index in [2.05, 4.69) is 4.99 Å². The number of carbonyl (C=O) groups is 1. The number of fused-ring (bicyclic) bond motifs is 1. The number of aromatic nitrogens is 1. The highest BCUT2D eigenvalue weighted by Gasteiger charge is 2.13. The van der Waals surface area contributed by atoms with Crippen molar-refractivity contribution in [2.75, 3.05) is 12.0 Å². The number of carbonyl (C=O) groups excluding carboxylic acids is 1. The van der Waals surface area contributed by atoms with Crippen molar-refractivity contribution in [3.63, 3.8) is 0 Å². The van der Waals surface area contributed by atoms with Crippen molar-refractivity contribution in [3.05, 3.63) is 54.5 Å². The quantitative estimate of drug-likeness (QED) is 0.432. The molecule has 3 rings (SSSR count). The van der Waals surface area contributed by atoms with Crippen LogP contribution in [0.3, 0.4) is 0 Å². The lowest BCUT2D eigenvalue weighted by molar-refractivity contribution is -0.384. The summed E-state index contributed by atoms with van der Waals surface area (Å²) in [4.78, 5) is 28.6. The van der Waals surface area contributed by atoms with E-state index in [0.29, 0.717) is 15.7 Å². The average Bonchev–Trinajstić information content (AvgIpc) is 3.15. The van der Waals surface area contributed by atoms with Gasteiger partial charge in [-0.25, -0.2) is 0 Å². The molecular formula is C16H14ClN3O3S3. The van der Waals surface area contributed by atoms with Crippen LogP contribution in [0.5, 0.6) is 0 Å². The third-order valence-corrected chi connectivity index (χ3v) is 6.43. The molecule has 136 valence electrons. The Morgan fingerprint density at radius 2 is 2.15 bits per heavy atom. The summed E-state index contributed by atoms with van der Waals surface area (Å²) in [5, 5.41) is 11.0. The van der Waals surface area contributed by atoms with Gasteiger partial charge in [-0.3, -0.25) is 14.9 Å². The Kier molecular flexibility index (Phi) is 6.13. The fourth-order valence-electron chi connectivity index (χ4n) is 2.40. The lowest BCUT2D eigenvalue weighted by atomic mass is 10.3. The second kappa shape index (κ2) is 8.34. The van der Waals surface area contributed by atoms with Crippen molar-refractivity contribution in [1.82, 2.24) is 4.57 Å². The van der Waals surface area contributed by atoms with Gasteiger partial charge in [-0.1, -0.05) is 22.9 Å². The van der Waals surface area contributed by atoms with E-state index in [1.807, 2.05) is 16.9 Å². The topological polar surface area (TPSA) is 77.5 Å². The molecule has 6 nitrogen and oxygen atoms in total. The molecule has 1 aromatic carbocycles. The first-order valence-corrected chi connectivity index (χ1v) is 11.0. The first kappa shape index (κ1) is 19.1. The molecular weight excluding hydrogens is 414 g/mol. The van der Waals surface area contributed by atoms with E-state index in [-0.39, 0.29) is 18.0 Å². The largest absolute Gasteiger partial charge is 0.316 e. The van der Waals surface area contributed by atoms with Crippen LogP contribution in [0.1, 0.15) is 4.88 Å². The second-order valence-corrected chi connectivity index (χ2v) is 9.12. The molecule has 0 spiro atoms. The number of halogens is 1. The number of benzene rings is 1. The number of hydrogen-bond donors (Lipinski definition) is 0. The number of thioether (sulfide) groups is 1. The normalized spacial score (nSPS) is 12.0. The number of thiophene rings is 1. The molecule has 0 unspecified atom stereocenters. The van der Waals surface area contributed by atoms with Gasteiger partial charge in [0, 0.05) is 29.3 Å². The summed E-state index contributed by atoms with van der Waals surface area (Å²) < 4.78 is 3.32. The van der Waals surface area contributed by atoms with Crippen molar-refractivity contribution in [2.24, 2.45) is 4.99 Å². The molecule has 0 aliphatic rings. The number of rotatable bonds is 6. The van der Waals surface area contributed by atoms with E-state index in [4.69, 9.17) is 11.6 Å². The molecule has 0 bridgehead atoms. The number of non-ortho nitro benzene ring substituents is 1. The number of amides is 1. The van der Waals surface area contributed by atoms with Gasteiger partial charge in [-0.15, -0.1) is 11.3 Å². The highest BCUT2D eigenvalue weighted by molar-refractivity contribution is 7.98. The number of aryl methyl sites for hydroxylation is 1. The number of hydrogen-bond acceptors (Lipinski definition) is 6. The summed E-state index contributed by atoms with van der Waals surface area (Å²) in [6.07, 6.45) is 2.19. The lowest BCUT2D eigenvalue weighted by Crippen LogP contribution is -2.18. The van der Waals surface area contributed by atoms with E-state index in [1.54, 1.807) is 23.9 Å². The zero-order chi connectivity index (χ0) is 18.7. The van der Waals surface area contributed by atoms with Crippen LogP contribution in [0.25, 0.3) is 10.2 Å². The first-order chi connectivity index (χ1) is 12.5. The second-order valence-electron chi connectivity index (χ2n) is 5.33. The molecule has 0 aliphatic carbocycles. The Morgan fingerprint density at radius 3 is 2.81 bits per heavy atom. The third kappa shape index (κ3) is 4.35. The van der Waals surface area contributed by atoms with E-state index in [1.165, 1.54) is 34.8 Å². The summed E-state index contributed by atoms with van der Waals surface area (Å²) in [6.45, 7) is 0.677. The molecule has 26 heavy (non-hydrogen) atoms. The predicted octanol–water partition coefficient (Wildman–Crippen LogP) is 4.36. The molecule has 0 saturated carbocycles. The smallest absolute Gasteiger partial charge is 0.270 e. The van der Waals surface area contributed by atoms with Gasteiger partial charge in [0.05, 0.1) is 25.9 Å². The summed E-state index contributed by atoms with van der Waals surface area (Å²) in [5.74, 6) is 0.590. The van der Waals surface area contributed by atoms with Crippen LogP contribution in [-0.4, -0.2) is 27.4 Å². The maximum Gasteiger partial charge on any atom is 0.270 e. The average molecular weight is 428 g/mol. The molecule has 0 atom stereocenters. The maximum atomic E-state index is 12.3. The van der Waals surface area contributed by atoms with E-state index in [9.17, 15) is 14.9 Å². The van der Waals surface area contributed by atoms with Crippen molar-refractivity contribution in [1.29, 1.82) is 0 Å². The number of thiazole rings is 1. The van der Waals surface area contributed by atoms with E-state index >= 15 is 0 Å². The van der Waals surface area contributed by atoms with E-state index < -0.39 is 4.92 Å². The minimum atomic E-state index is -0.423. The molecule has 0 radical (unpaired) electrons. The van der Waals surface area contributed by atoms with Gasteiger partial charge in [0.2, 0.25) is 0 Å². The van der Waals surface area contributed by atoms with Gasteiger partial charge in [0.25, 0.3) is 11.6 Å². The molecule has 0 fully saturated rings. The first-order valence-electron chi connectivity index (χ1n) is 7.56. The Morgan fingerprint density at radius 1 is 1.35 bits per heavy atom. The lowest BCUT2D eigenvalue weighted by Gasteiger charge is -2.03. The van der Waals surface area contributed by atoms with Crippen LogP contribution in [0, 0.1) is 10.1 Å². The minimum Gasteiger partial charge on any atom is -0.316 e. The maximum absolute atomic E-state index is 12.3. The molecule has 0 aliphatic heterocycles. The third-order valence-electron chi connectivity index (χ3n) is 3.57. The molecule has 0 N–H and O–H groups in total. The van der Waals surface area contributed by atoms with Crippen LogP contribution in [0.4, 0.5) is 5.69 Å². The zero-order valence-corrected chi connectivity index (χ0v) is 16.9. The molecule has 0 saturated heterocycles. The Bertz CT molecular complexity index is 1040. The Labute approximate surface area is 166 Å². The SMILES string of the molecule is CSCCn1c(=NC(=O)Cc2ccc(Cl)s2)sc2cc([N+](=O)[O-])ccc21. The predicted molar refractivity (Wildman–Crippen MR) is 108 cm³/mol. The van der Waals surface area contributed by atoms with E-state index in [0.717, 1.165) is 20.8 Å². The monoisotopic (exact) mass is 427 g/mol. The van der Waals surface area contributed by atoms with Gasteiger partial charge in [-0.05, 0) is 24.5 Å². The fourth-order valence-corrected chi connectivity index (χ4v) is 4.95. The molecule has 2 heterocycles.